The van der Waals surface area contributed by atoms with Crippen LogP contribution in [-0.4, -0.2) is 41.0 Å². The number of hydrogen-bond donors (Lipinski definition) is 1. The Hall–Kier alpha value is -1.95. The summed E-state index contributed by atoms with van der Waals surface area (Å²) in [5.41, 5.74) is 2.39. The molecule has 6 heteroatoms. The van der Waals surface area contributed by atoms with Crippen molar-refractivity contribution < 1.29 is 9.18 Å². The van der Waals surface area contributed by atoms with Gasteiger partial charge in [-0.15, -0.1) is 0 Å². The Kier molecular flexibility index (Phi) is 4.10. The highest BCUT2D eigenvalue weighted by Gasteiger charge is 2.40. The van der Waals surface area contributed by atoms with Gasteiger partial charge in [0.25, 0.3) is 5.91 Å². The van der Waals surface area contributed by atoms with Crippen LogP contribution in [0.2, 0.25) is 0 Å². The van der Waals surface area contributed by atoms with Crippen molar-refractivity contribution >= 4 is 23.2 Å². The molecule has 1 atom stereocenters. The van der Waals surface area contributed by atoms with E-state index < -0.39 is 0 Å². The third-order valence-electron chi connectivity index (χ3n) is 4.28. The van der Waals surface area contributed by atoms with E-state index in [1.54, 1.807) is 31.1 Å². The predicted molar refractivity (Wildman–Crippen MR) is 91.1 cm³/mol. The maximum Gasteiger partial charge on any atom is 0.253 e. The van der Waals surface area contributed by atoms with Gasteiger partial charge >= 0.3 is 0 Å². The van der Waals surface area contributed by atoms with E-state index in [0.717, 1.165) is 24.1 Å². The summed E-state index contributed by atoms with van der Waals surface area (Å²) >= 11 is 5.51. The van der Waals surface area contributed by atoms with E-state index in [9.17, 15) is 9.18 Å². The maximum atomic E-state index is 13.2. The van der Waals surface area contributed by atoms with Gasteiger partial charge in [0.15, 0.2) is 5.11 Å². The van der Waals surface area contributed by atoms with Crippen molar-refractivity contribution in [3.8, 4) is 0 Å². The number of nitrogens with one attached hydrogen (secondary N) is 1. The summed E-state index contributed by atoms with van der Waals surface area (Å²) in [5.74, 6) is -0.356. The van der Waals surface area contributed by atoms with Crippen LogP contribution in [0.5, 0.6) is 0 Å². The summed E-state index contributed by atoms with van der Waals surface area (Å²) in [6, 6.07) is 6.22. The number of nitrogens with zero attached hydrogens (tertiary/aromatic N) is 2. The SMILES string of the molecule is CC1=C(C(=O)N(C)C)C(c2ccc(F)cc2)NC(=S)N1C1CC1. The average molecular weight is 333 g/mol. The van der Waals surface area contributed by atoms with E-state index in [2.05, 4.69) is 5.32 Å². The fraction of sp³-hybridized carbons (Fsp3) is 0.412. The lowest BCUT2D eigenvalue weighted by molar-refractivity contribution is -0.125. The van der Waals surface area contributed by atoms with Crippen molar-refractivity contribution in [2.45, 2.75) is 31.8 Å². The maximum absolute atomic E-state index is 13.2. The van der Waals surface area contributed by atoms with Crippen LogP contribution in [0.25, 0.3) is 0 Å². The van der Waals surface area contributed by atoms with E-state index >= 15 is 0 Å². The minimum absolute atomic E-state index is 0.0579. The van der Waals surface area contributed by atoms with Crippen molar-refractivity contribution in [2.24, 2.45) is 0 Å². The molecule has 1 aromatic carbocycles. The fourth-order valence-electron chi connectivity index (χ4n) is 2.95. The molecular weight excluding hydrogens is 313 g/mol. The zero-order valence-corrected chi connectivity index (χ0v) is 14.3. The molecule has 1 aliphatic carbocycles. The molecule has 1 unspecified atom stereocenters. The normalized spacial score (nSPS) is 21.3. The summed E-state index contributed by atoms with van der Waals surface area (Å²) in [7, 11) is 3.47. The van der Waals surface area contributed by atoms with Crippen LogP contribution >= 0.6 is 12.2 Å². The molecule has 1 heterocycles. The topological polar surface area (TPSA) is 35.6 Å². The van der Waals surface area contributed by atoms with Gasteiger partial charge in [-0.05, 0) is 49.7 Å². The zero-order valence-electron chi connectivity index (χ0n) is 13.5. The Morgan fingerprint density at radius 2 is 1.91 bits per heavy atom. The molecule has 1 aromatic rings. The minimum atomic E-state index is -0.354. The Balaban J connectivity index is 2.08. The van der Waals surface area contributed by atoms with E-state index in [4.69, 9.17) is 12.2 Å². The quantitative estimate of drug-likeness (QED) is 0.863. The van der Waals surface area contributed by atoms with Crippen LogP contribution in [0.1, 0.15) is 31.4 Å². The van der Waals surface area contributed by atoms with Crippen LogP contribution in [0.4, 0.5) is 4.39 Å². The number of amides is 1. The van der Waals surface area contributed by atoms with Crippen LogP contribution in [0.3, 0.4) is 0 Å². The smallest absolute Gasteiger partial charge is 0.253 e. The standard InChI is InChI=1S/C17H20FN3OS/c1-10-14(16(22)20(2)3)15(11-4-6-12(18)7-5-11)19-17(23)21(10)13-8-9-13/h4-7,13,15H,8-9H2,1-3H3,(H,19,23). The van der Waals surface area contributed by atoms with Crippen molar-refractivity contribution in [1.82, 2.24) is 15.1 Å². The number of hydrogen-bond acceptors (Lipinski definition) is 2. The van der Waals surface area contributed by atoms with Gasteiger partial charge in [-0.25, -0.2) is 4.39 Å². The minimum Gasteiger partial charge on any atom is -0.351 e. The highest BCUT2D eigenvalue weighted by atomic mass is 32.1. The first-order valence-electron chi connectivity index (χ1n) is 7.67. The molecule has 0 radical (unpaired) electrons. The molecule has 0 saturated heterocycles. The Morgan fingerprint density at radius 3 is 2.43 bits per heavy atom. The second-order valence-corrected chi connectivity index (χ2v) is 6.62. The molecule has 0 aromatic heterocycles. The van der Waals surface area contributed by atoms with Crippen molar-refractivity contribution in [1.29, 1.82) is 0 Å². The molecule has 23 heavy (non-hydrogen) atoms. The average Bonchev–Trinajstić information content (AvgIpc) is 3.31. The van der Waals surface area contributed by atoms with Crippen molar-refractivity contribution in [2.75, 3.05) is 14.1 Å². The van der Waals surface area contributed by atoms with Gasteiger partial charge in [0.1, 0.15) is 5.82 Å². The summed E-state index contributed by atoms with van der Waals surface area (Å²) in [5, 5.41) is 3.90. The van der Waals surface area contributed by atoms with Gasteiger partial charge in [-0.3, -0.25) is 4.79 Å². The largest absolute Gasteiger partial charge is 0.351 e. The number of carbonyl (C=O) groups is 1. The third-order valence-corrected chi connectivity index (χ3v) is 4.59. The van der Waals surface area contributed by atoms with Gasteiger partial charge < -0.3 is 15.1 Å². The Bertz CT molecular complexity index is 680. The van der Waals surface area contributed by atoms with Crippen LogP contribution in [-0.2, 0) is 4.79 Å². The summed E-state index contributed by atoms with van der Waals surface area (Å²) in [6.07, 6.45) is 2.17. The molecule has 1 fully saturated rings. The number of benzene rings is 1. The second kappa shape index (κ2) is 5.92. The molecule has 4 nitrogen and oxygen atoms in total. The first-order chi connectivity index (χ1) is 10.9. The number of likely N-dealkylation sites (N-methyl/N-ethyl adjacent to an activating group) is 1. The molecule has 2 aliphatic rings. The third kappa shape index (κ3) is 2.95. The van der Waals surface area contributed by atoms with Crippen LogP contribution < -0.4 is 5.32 Å². The second-order valence-electron chi connectivity index (χ2n) is 6.23. The molecule has 1 N–H and O–H groups in total. The fourth-order valence-corrected chi connectivity index (χ4v) is 3.36. The van der Waals surface area contributed by atoms with E-state index in [0.29, 0.717) is 16.7 Å². The van der Waals surface area contributed by atoms with Gasteiger partial charge in [0.2, 0.25) is 0 Å². The molecule has 1 saturated carbocycles. The zero-order chi connectivity index (χ0) is 16.7. The molecule has 0 bridgehead atoms. The monoisotopic (exact) mass is 333 g/mol. The number of carbonyl (C=O) groups excluding carboxylic acids is 1. The first kappa shape index (κ1) is 15.9. The van der Waals surface area contributed by atoms with Gasteiger partial charge in [0.05, 0.1) is 11.6 Å². The van der Waals surface area contributed by atoms with E-state index in [-0.39, 0.29) is 17.8 Å². The van der Waals surface area contributed by atoms with Crippen LogP contribution in [0, 0.1) is 5.82 Å². The highest BCUT2D eigenvalue weighted by molar-refractivity contribution is 7.80. The van der Waals surface area contributed by atoms with Gasteiger partial charge in [-0.1, -0.05) is 12.1 Å². The molecule has 0 spiro atoms. The first-order valence-corrected chi connectivity index (χ1v) is 8.08. The van der Waals surface area contributed by atoms with Crippen LogP contribution in [0.15, 0.2) is 35.5 Å². The van der Waals surface area contributed by atoms with Crippen molar-refractivity contribution in [3.63, 3.8) is 0 Å². The highest BCUT2D eigenvalue weighted by Crippen LogP contribution is 2.38. The van der Waals surface area contributed by atoms with E-state index in [1.165, 1.54) is 12.1 Å². The Labute approximate surface area is 140 Å². The number of thiocarbonyl (C=S) groups is 1. The van der Waals surface area contributed by atoms with Crippen molar-refractivity contribution in [3.05, 3.63) is 46.9 Å². The molecule has 1 amide bonds. The van der Waals surface area contributed by atoms with Gasteiger partial charge in [0, 0.05) is 25.8 Å². The number of rotatable bonds is 3. The number of allylic oxidation sites excluding steroid dienone is 1. The summed E-state index contributed by atoms with van der Waals surface area (Å²) < 4.78 is 13.2. The summed E-state index contributed by atoms with van der Waals surface area (Å²) in [4.78, 5) is 16.4. The lowest BCUT2D eigenvalue weighted by atomic mass is 9.94. The summed E-state index contributed by atoms with van der Waals surface area (Å²) in [6.45, 7) is 1.94. The molecule has 1 aliphatic heterocycles. The predicted octanol–water partition coefficient (Wildman–Crippen LogP) is 2.58. The van der Waals surface area contributed by atoms with Gasteiger partial charge in [-0.2, -0.15) is 0 Å². The lowest BCUT2D eigenvalue weighted by Gasteiger charge is -2.38. The lowest BCUT2D eigenvalue weighted by Crippen LogP contribution is -2.49. The molecule has 122 valence electrons. The Morgan fingerprint density at radius 1 is 1.30 bits per heavy atom. The molecular formula is C17H20FN3OS. The number of halogens is 1. The van der Waals surface area contributed by atoms with E-state index in [1.807, 2.05) is 11.8 Å². The molecule has 3 rings (SSSR count).